The third-order valence-corrected chi connectivity index (χ3v) is 5.47. The van der Waals surface area contributed by atoms with Crippen molar-refractivity contribution >= 4 is 15.4 Å². The number of hydrogen-bond donors (Lipinski definition) is 0. The third-order valence-electron chi connectivity index (χ3n) is 3.81. The van der Waals surface area contributed by atoms with Gasteiger partial charge in [-0.3, -0.25) is 0 Å². The summed E-state index contributed by atoms with van der Waals surface area (Å²) >= 11 is 0. The first-order chi connectivity index (χ1) is 10.5. The Bertz CT molecular complexity index is 848. The van der Waals surface area contributed by atoms with Gasteiger partial charge in [-0.25, -0.2) is 8.42 Å². The van der Waals surface area contributed by atoms with Crippen molar-refractivity contribution in [2.75, 3.05) is 6.61 Å². The molecule has 1 heterocycles. The Morgan fingerprint density at radius 2 is 1.86 bits per heavy atom. The van der Waals surface area contributed by atoms with Gasteiger partial charge in [-0.1, -0.05) is 29.8 Å². The van der Waals surface area contributed by atoms with E-state index in [0.717, 1.165) is 28.0 Å². The van der Waals surface area contributed by atoms with Crippen molar-refractivity contribution in [3.05, 3.63) is 64.6 Å². The molecule has 0 aliphatic carbocycles. The van der Waals surface area contributed by atoms with Gasteiger partial charge in [-0.15, -0.1) is 0 Å². The number of aryl methyl sites for hydroxylation is 2. The molecule has 1 aliphatic heterocycles. The standard InChI is InChI=1S/C18H18O3S/c1-13-7-8-17-16(11-13)15(9-10-21-17)12-22(19,20)18-6-4-3-5-14(18)2/h3-8,11-12H,9-10H2,1-2H3/b15-12+. The zero-order chi connectivity index (χ0) is 15.7. The average molecular weight is 314 g/mol. The van der Waals surface area contributed by atoms with Crippen LogP contribution in [0.5, 0.6) is 5.75 Å². The molecule has 0 atom stereocenters. The molecule has 114 valence electrons. The maximum atomic E-state index is 12.7. The fourth-order valence-corrected chi connectivity index (χ4v) is 4.21. The number of rotatable bonds is 2. The van der Waals surface area contributed by atoms with E-state index in [4.69, 9.17) is 4.74 Å². The van der Waals surface area contributed by atoms with Gasteiger partial charge in [0.15, 0.2) is 9.84 Å². The van der Waals surface area contributed by atoms with Gasteiger partial charge in [-0.05, 0) is 43.2 Å². The Kier molecular flexibility index (Phi) is 3.79. The van der Waals surface area contributed by atoms with E-state index in [9.17, 15) is 8.42 Å². The van der Waals surface area contributed by atoms with Crippen LogP contribution in [0.25, 0.3) is 5.57 Å². The molecule has 2 aromatic carbocycles. The van der Waals surface area contributed by atoms with Gasteiger partial charge in [0.1, 0.15) is 5.75 Å². The van der Waals surface area contributed by atoms with Crippen molar-refractivity contribution in [1.29, 1.82) is 0 Å². The van der Waals surface area contributed by atoms with Crippen LogP contribution in [-0.2, 0) is 9.84 Å². The summed E-state index contributed by atoms with van der Waals surface area (Å²) in [6.45, 7) is 4.31. The minimum Gasteiger partial charge on any atom is -0.493 e. The van der Waals surface area contributed by atoms with Crippen molar-refractivity contribution in [1.82, 2.24) is 0 Å². The van der Waals surface area contributed by atoms with Gasteiger partial charge in [0.2, 0.25) is 0 Å². The van der Waals surface area contributed by atoms with Gasteiger partial charge in [0, 0.05) is 17.4 Å². The van der Waals surface area contributed by atoms with Crippen LogP contribution in [0.4, 0.5) is 0 Å². The maximum Gasteiger partial charge on any atom is 0.200 e. The van der Waals surface area contributed by atoms with E-state index in [1.807, 2.05) is 44.2 Å². The number of sulfone groups is 1. The van der Waals surface area contributed by atoms with E-state index in [-0.39, 0.29) is 0 Å². The Hall–Kier alpha value is -2.07. The molecule has 0 aromatic heterocycles. The minimum atomic E-state index is -3.46. The van der Waals surface area contributed by atoms with Crippen molar-refractivity contribution in [3.63, 3.8) is 0 Å². The molecular formula is C18H18O3S. The summed E-state index contributed by atoms with van der Waals surface area (Å²) in [6.07, 6.45) is 0.599. The molecular weight excluding hydrogens is 296 g/mol. The summed E-state index contributed by atoms with van der Waals surface area (Å²) in [5, 5.41) is 1.40. The van der Waals surface area contributed by atoms with Crippen LogP contribution in [0.15, 0.2) is 52.8 Å². The van der Waals surface area contributed by atoms with E-state index < -0.39 is 9.84 Å². The molecule has 0 amide bonds. The molecule has 4 heteroatoms. The lowest BCUT2D eigenvalue weighted by atomic mass is 9.99. The molecule has 0 bridgehead atoms. The van der Waals surface area contributed by atoms with Gasteiger partial charge in [0.05, 0.1) is 11.5 Å². The first-order valence-electron chi connectivity index (χ1n) is 7.22. The molecule has 0 unspecified atom stereocenters. The lowest BCUT2D eigenvalue weighted by Gasteiger charge is -2.20. The number of benzene rings is 2. The van der Waals surface area contributed by atoms with Crippen LogP contribution in [0.1, 0.15) is 23.1 Å². The maximum absolute atomic E-state index is 12.7. The highest BCUT2D eigenvalue weighted by Crippen LogP contribution is 2.35. The van der Waals surface area contributed by atoms with Crippen molar-refractivity contribution < 1.29 is 13.2 Å². The van der Waals surface area contributed by atoms with E-state index in [2.05, 4.69) is 0 Å². The minimum absolute atomic E-state index is 0.364. The fourth-order valence-electron chi connectivity index (χ4n) is 2.68. The van der Waals surface area contributed by atoms with Gasteiger partial charge in [-0.2, -0.15) is 0 Å². The Labute approximate surface area is 131 Å². The molecule has 0 saturated heterocycles. The van der Waals surface area contributed by atoms with E-state index in [1.54, 1.807) is 12.1 Å². The van der Waals surface area contributed by atoms with E-state index in [1.165, 1.54) is 5.41 Å². The van der Waals surface area contributed by atoms with E-state index >= 15 is 0 Å². The molecule has 0 radical (unpaired) electrons. The second kappa shape index (κ2) is 5.61. The van der Waals surface area contributed by atoms with Crippen LogP contribution in [0.2, 0.25) is 0 Å². The van der Waals surface area contributed by atoms with Crippen molar-refractivity contribution in [3.8, 4) is 5.75 Å². The van der Waals surface area contributed by atoms with Crippen LogP contribution < -0.4 is 4.74 Å². The summed E-state index contributed by atoms with van der Waals surface area (Å²) in [6, 6.07) is 12.9. The van der Waals surface area contributed by atoms with E-state index in [0.29, 0.717) is 17.9 Å². The molecule has 2 aromatic rings. The Morgan fingerprint density at radius 3 is 2.64 bits per heavy atom. The zero-order valence-electron chi connectivity index (χ0n) is 12.7. The van der Waals surface area contributed by atoms with Gasteiger partial charge >= 0.3 is 0 Å². The average Bonchev–Trinajstić information content (AvgIpc) is 2.48. The quantitative estimate of drug-likeness (QED) is 0.844. The molecule has 0 saturated carbocycles. The lowest BCUT2D eigenvalue weighted by molar-refractivity contribution is 0.316. The van der Waals surface area contributed by atoms with Crippen molar-refractivity contribution in [2.24, 2.45) is 0 Å². The number of fused-ring (bicyclic) bond motifs is 1. The van der Waals surface area contributed by atoms with Crippen LogP contribution in [-0.4, -0.2) is 15.0 Å². The summed E-state index contributed by atoms with van der Waals surface area (Å²) in [4.78, 5) is 0.364. The smallest absolute Gasteiger partial charge is 0.200 e. The largest absolute Gasteiger partial charge is 0.493 e. The molecule has 0 spiro atoms. The normalized spacial score (nSPS) is 16.2. The van der Waals surface area contributed by atoms with Gasteiger partial charge in [0.25, 0.3) is 0 Å². The third kappa shape index (κ3) is 2.79. The topological polar surface area (TPSA) is 43.4 Å². The number of ether oxygens (including phenoxy) is 1. The van der Waals surface area contributed by atoms with Crippen molar-refractivity contribution in [2.45, 2.75) is 25.2 Å². The molecule has 0 fully saturated rings. The molecule has 3 rings (SSSR count). The highest BCUT2D eigenvalue weighted by atomic mass is 32.2. The van der Waals surface area contributed by atoms with Crippen LogP contribution >= 0.6 is 0 Å². The zero-order valence-corrected chi connectivity index (χ0v) is 13.5. The molecule has 3 nitrogen and oxygen atoms in total. The summed E-state index contributed by atoms with van der Waals surface area (Å²) in [7, 11) is -3.46. The summed E-state index contributed by atoms with van der Waals surface area (Å²) in [5.74, 6) is 0.753. The predicted octanol–water partition coefficient (Wildman–Crippen LogP) is 3.90. The first kappa shape index (κ1) is 14.9. The van der Waals surface area contributed by atoms with Gasteiger partial charge < -0.3 is 4.74 Å². The molecule has 22 heavy (non-hydrogen) atoms. The SMILES string of the molecule is Cc1ccc2c(c1)/C(=C/S(=O)(=O)c1ccccc1C)CCO2. The van der Waals surface area contributed by atoms with Crippen LogP contribution in [0, 0.1) is 13.8 Å². The lowest BCUT2D eigenvalue weighted by Crippen LogP contribution is -2.10. The molecule has 1 aliphatic rings. The monoisotopic (exact) mass is 314 g/mol. The second-order valence-electron chi connectivity index (χ2n) is 5.55. The highest BCUT2D eigenvalue weighted by molar-refractivity contribution is 7.94. The van der Waals surface area contributed by atoms with Crippen LogP contribution in [0.3, 0.4) is 0 Å². The highest BCUT2D eigenvalue weighted by Gasteiger charge is 2.20. The molecule has 0 N–H and O–H groups in total. The Morgan fingerprint density at radius 1 is 1.09 bits per heavy atom. The Balaban J connectivity index is 2.11. The number of hydrogen-bond acceptors (Lipinski definition) is 3. The second-order valence-corrected chi connectivity index (χ2v) is 7.32. The predicted molar refractivity (Wildman–Crippen MR) is 87.6 cm³/mol. The summed E-state index contributed by atoms with van der Waals surface area (Å²) in [5.41, 5.74) is 3.54. The summed E-state index contributed by atoms with van der Waals surface area (Å²) < 4.78 is 31.0. The fraction of sp³-hybridized carbons (Fsp3) is 0.222. The first-order valence-corrected chi connectivity index (χ1v) is 8.77.